The first-order valence-electron chi connectivity index (χ1n) is 13.7. The third-order valence-corrected chi connectivity index (χ3v) is 7.92. The minimum absolute atomic E-state index is 0.0909. The van der Waals surface area contributed by atoms with Crippen LogP contribution in [0.4, 0.5) is 4.79 Å². The number of hydrogen-bond acceptors (Lipinski definition) is 3. The van der Waals surface area contributed by atoms with Crippen LogP contribution in [-0.2, 0) is 16.1 Å². The Morgan fingerprint density at radius 1 is 0.900 bits per heavy atom. The first-order valence-corrected chi connectivity index (χ1v) is 14.5. The van der Waals surface area contributed by atoms with Gasteiger partial charge in [0.25, 0.3) is 5.91 Å². The van der Waals surface area contributed by atoms with Gasteiger partial charge in [0.1, 0.15) is 5.60 Å². The second-order valence-electron chi connectivity index (χ2n) is 11.4. The summed E-state index contributed by atoms with van der Waals surface area (Å²) >= 11 is 13.0. The molecule has 0 N–H and O–H groups in total. The molecular formula is C33H34Cl2N2O3. The molecule has 0 spiro atoms. The number of benzene rings is 3. The van der Waals surface area contributed by atoms with E-state index >= 15 is 0 Å². The maximum absolute atomic E-state index is 14.4. The third kappa shape index (κ3) is 6.54. The van der Waals surface area contributed by atoms with Crippen LogP contribution in [0.2, 0.25) is 10.0 Å². The van der Waals surface area contributed by atoms with E-state index in [1.165, 1.54) is 0 Å². The van der Waals surface area contributed by atoms with E-state index in [1.54, 1.807) is 23.1 Å². The zero-order valence-electron chi connectivity index (χ0n) is 23.1. The Labute approximate surface area is 246 Å². The second-order valence-corrected chi connectivity index (χ2v) is 12.2. The van der Waals surface area contributed by atoms with E-state index in [0.29, 0.717) is 35.1 Å². The summed E-state index contributed by atoms with van der Waals surface area (Å²) < 4.78 is 5.68. The molecule has 1 heterocycles. The molecule has 2 aliphatic rings. The Morgan fingerprint density at radius 3 is 2.17 bits per heavy atom. The van der Waals surface area contributed by atoms with Crippen LogP contribution in [0.1, 0.15) is 51.2 Å². The molecule has 1 aliphatic carbocycles. The number of carbonyl (C=O) groups is 2. The van der Waals surface area contributed by atoms with Gasteiger partial charge in [-0.25, -0.2) is 4.79 Å². The number of halogens is 2. The van der Waals surface area contributed by atoms with Crippen molar-refractivity contribution in [2.75, 3.05) is 13.1 Å². The van der Waals surface area contributed by atoms with Crippen molar-refractivity contribution in [3.05, 3.63) is 99.5 Å². The highest BCUT2D eigenvalue weighted by molar-refractivity contribution is 6.36. The SMILES string of the molecule is CC(C)(C)OC(=O)N1CCC(c2cccc(-c3ccccc3)c2)=C(C(=O)N(Cc2c(Cl)cccc2Cl)C2CC2)C1. The molecule has 0 bridgehead atoms. The molecule has 208 valence electrons. The number of ether oxygens (including phenoxy) is 1. The van der Waals surface area contributed by atoms with Crippen molar-refractivity contribution in [3.8, 4) is 11.1 Å². The summed E-state index contributed by atoms with van der Waals surface area (Å²) in [7, 11) is 0. The normalized spacial score (nSPS) is 15.7. The second kappa shape index (κ2) is 11.7. The van der Waals surface area contributed by atoms with E-state index in [2.05, 4.69) is 24.3 Å². The predicted molar refractivity (Wildman–Crippen MR) is 161 cm³/mol. The lowest BCUT2D eigenvalue weighted by Gasteiger charge is -2.34. The molecular weight excluding hydrogens is 543 g/mol. The summed E-state index contributed by atoms with van der Waals surface area (Å²) in [5, 5.41) is 1.07. The average Bonchev–Trinajstić information content (AvgIpc) is 3.77. The van der Waals surface area contributed by atoms with Crippen LogP contribution < -0.4 is 0 Å². The van der Waals surface area contributed by atoms with Gasteiger partial charge in [-0.2, -0.15) is 0 Å². The topological polar surface area (TPSA) is 49.9 Å². The van der Waals surface area contributed by atoms with Crippen LogP contribution in [0.15, 0.2) is 78.4 Å². The van der Waals surface area contributed by atoms with Crippen molar-refractivity contribution in [2.24, 2.45) is 0 Å². The van der Waals surface area contributed by atoms with E-state index < -0.39 is 11.7 Å². The summed E-state index contributed by atoms with van der Waals surface area (Å²) in [5.74, 6) is -0.0909. The summed E-state index contributed by atoms with van der Waals surface area (Å²) in [4.78, 5) is 31.0. The van der Waals surface area contributed by atoms with Gasteiger partial charge in [0.15, 0.2) is 0 Å². The van der Waals surface area contributed by atoms with E-state index in [0.717, 1.165) is 40.7 Å². The fourth-order valence-corrected chi connectivity index (χ4v) is 5.57. The van der Waals surface area contributed by atoms with E-state index in [-0.39, 0.29) is 18.5 Å². The van der Waals surface area contributed by atoms with Crippen LogP contribution in [0.25, 0.3) is 16.7 Å². The first-order chi connectivity index (χ1) is 19.1. The minimum atomic E-state index is -0.629. The summed E-state index contributed by atoms with van der Waals surface area (Å²) in [6.07, 6.45) is 1.98. The Hall–Kier alpha value is -3.28. The molecule has 5 nitrogen and oxygen atoms in total. The summed E-state index contributed by atoms with van der Waals surface area (Å²) in [6, 6.07) is 24.0. The highest BCUT2D eigenvalue weighted by Crippen LogP contribution is 2.37. The number of nitrogens with zero attached hydrogens (tertiary/aromatic N) is 2. The van der Waals surface area contributed by atoms with Crippen LogP contribution >= 0.6 is 23.2 Å². The highest BCUT2D eigenvalue weighted by Gasteiger charge is 2.38. The molecule has 1 saturated carbocycles. The van der Waals surface area contributed by atoms with Crippen molar-refractivity contribution in [1.82, 2.24) is 9.80 Å². The lowest BCUT2D eigenvalue weighted by Crippen LogP contribution is -2.44. The molecule has 1 aliphatic heterocycles. The standard InChI is InChI=1S/C33H34Cl2N2O3/c1-33(2,3)40-32(39)36-18-17-26(24-12-7-11-23(19-24)22-9-5-4-6-10-22)27(20-36)31(38)37(25-15-16-25)21-28-29(34)13-8-14-30(28)35/h4-14,19,25H,15-18,20-21H2,1-3H3. The van der Waals surface area contributed by atoms with Crippen molar-refractivity contribution in [3.63, 3.8) is 0 Å². The number of carbonyl (C=O) groups excluding carboxylic acids is 2. The van der Waals surface area contributed by atoms with E-state index in [1.807, 2.05) is 56.0 Å². The molecule has 0 radical (unpaired) electrons. The molecule has 1 fully saturated rings. The smallest absolute Gasteiger partial charge is 0.410 e. The van der Waals surface area contributed by atoms with Gasteiger partial charge in [0.2, 0.25) is 0 Å². The average molecular weight is 578 g/mol. The molecule has 7 heteroatoms. The van der Waals surface area contributed by atoms with Crippen LogP contribution in [0.3, 0.4) is 0 Å². The van der Waals surface area contributed by atoms with Gasteiger partial charge in [-0.1, -0.05) is 77.8 Å². The van der Waals surface area contributed by atoms with Gasteiger partial charge in [0.05, 0.1) is 6.54 Å². The summed E-state index contributed by atoms with van der Waals surface area (Å²) in [5.41, 5.74) is 4.84. The molecule has 0 unspecified atom stereocenters. The Bertz CT molecular complexity index is 1420. The molecule has 0 aromatic heterocycles. The number of amides is 2. The molecule has 3 aromatic rings. The fraction of sp³-hybridized carbons (Fsp3) is 0.333. The predicted octanol–water partition coefficient (Wildman–Crippen LogP) is 8.25. The van der Waals surface area contributed by atoms with Gasteiger partial charge in [-0.3, -0.25) is 4.79 Å². The van der Waals surface area contributed by atoms with Crippen LogP contribution in [-0.4, -0.2) is 46.5 Å². The van der Waals surface area contributed by atoms with Crippen molar-refractivity contribution in [1.29, 1.82) is 0 Å². The molecule has 0 atom stereocenters. The zero-order valence-corrected chi connectivity index (χ0v) is 24.6. The maximum Gasteiger partial charge on any atom is 0.410 e. The molecule has 3 aromatic carbocycles. The Morgan fingerprint density at radius 2 is 1.52 bits per heavy atom. The van der Waals surface area contributed by atoms with E-state index in [9.17, 15) is 9.59 Å². The van der Waals surface area contributed by atoms with Crippen molar-refractivity contribution < 1.29 is 14.3 Å². The Kier molecular flexibility index (Phi) is 8.25. The van der Waals surface area contributed by atoms with Crippen LogP contribution in [0.5, 0.6) is 0 Å². The van der Waals surface area contributed by atoms with Gasteiger partial charge in [-0.15, -0.1) is 0 Å². The summed E-state index contributed by atoms with van der Waals surface area (Å²) in [6.45, 7) is 6.50. The van der Waals surface area contributed by atoms with Crippen molar-refractivity contribution >= 4 is 40.8 Å². The van der Waals surface area contributed by atoms with Crippen LogP contribution in [0, 0.1) is 0 Å². The number of rotatable bonds is 6. The van der Waals surface area contributed by atoms with Gasteiger partial charge >= 0.3 is 6.09 Å². The number of hydrogen-bond donors (Lipinski definition) is 0. The Balaban J connectivity index is 1.54. The van der Waals surface area contributed by atoms with Gasteiger partial charge < -0.3 is 14.5 Å². The lowest BCUT2D eigenvalue weighted by molar-refractivity contribution is -0.128. The maximum atomic E-state index is 14.4. The molecule has 0 saturated heterocycles. The quantitative estimate of drug-likeness (QED) is 0.297. The lowest BCUT2D eigenvalue weighted by atomic mass is 9.90. The minimum Gasteiger partial charge on any atom is -0.444 e. The largest absolute Gasteiger partial charge is 0.444 e. The molecule has 2 amide bonds. The first kappa shape index (κ1) is 28.3. The molecule has 40 heavy (non-hydrogen) atoms. The van der Waals surface area contributed by atoms with Crippen molar-refractivity contribution in [2.45, 2.75) is 58.2 Å². The monoisotopic (exact) mass is 576 g/mol. The zero-order chi connectivity index (χ0) is 28.4. The van der Waals surface area contributed by atoms with E-state index in [4.69, 9.17) is 27.9 Å². The van der Waals surface area contributed by atoms with Gasteiger partial charge in [-0.05, 0) is 80.5 Å². The molecule has 5 rings (SSSR count). The fourth-order valence-electron chi connectivity index (χ4n) is 5.06. The van der Waals surface area contributed by atoms with Gasteiger partial charge in [0, 0.05) is 40.3 Å². The highest BCUT2D eigenvalue weighted by atomic mass is 35.5. The third-order valence-electron chi connectivity index (χ3n) is 7.21.